The molecule has 2 rings (SSSR count). The monoisotopic (exact) mass is 284 g/mol. The summed E-state index contributed by atoms with van der Waals surface area (Å²) in [4.78, 5) is 14.1. The molecule has 1 saturated heterocycles. The van der Waals surface area contributed by atoms with Gasteiger partial charge in [0.25, 0.3) is 0 Å². The topological polar surface area (TPSA) is 32.3 Å². The van der Waals surface area contributed by atoms with E-state index in [1.807, 2.05) is 16.7 Å². The van der Waals surface area contributed by atoms with E-state index >= 15 is 0 Å². The fourth-order valence-electron chi connectivity index (χ4n) is 3.30. The van der Waals surface area contributed by atoms with Crippen LogP contribution in [0.3, 0.4) is 0 Å². The average Bonchev–Trinajstić information content (AvgIpc) is 2.49. The summed E-state index contributed by atoms with van der Waals surface area (Å²) >= 11 is 1.99. The predicted octanol–water partition coefficient (Wildman–Crippen LogP) is 2.65. The summed E-state index contributed by atoms with van der Waals surface area (Å²) in [6, 6.07) is 0. The normalized spacial score (nSPS) is 23.3. The van der Waals surface area contributed by atoms with Crippen LogP contribution in [0.15, 0.2) is 0 Å². The van der Waals surface area contributed by atoms with E-state index in [0.29, 0.717) is 17.2 Å². The van der Waals surface area contributed by atoms with Crippen molar-refractivity contribution in [1.29, 1.82) is 0 Å². The molecule has 0 bridgehead atoms. The van der Waals surface area contributed by atoms with Gasteiger partial charge in [-0.1, -0.05) is 19.3 Å². The predicted molar refractivity (Wildman–Crippen MR) is 82.6 cm³/mol. The van der Waals surface area contributed by atoms with Gasteiger partial charge in [-0.25, -0.2) is 0 Å². The third kappa shape index (κ3) is 4.38. The van der Waals surface area contributed by atoms with E-state index in [1.54, 1.807) is 0 Å². The fourth-order valence-corrected chi connectivity index (χ4v) is 4.24. The lowest BCUT2D eigenvalue weighted by atomic mass is 9.88. The molecule has 1 aliphatic heterocycles. The minimum Gasteiger partial charge on any atom is -0.342 e. The van der Waals surface area contributed by atoms with Crippen LogP contribution in [0.4, 0.5) is 0 Å². The van der Waals surface area contributed by atoms with Crippen molar-refractivity contribution >= 4 is 17.7 Å². The Morgan fingerprint density at radius 1 is 1.11 bits per heavy atom. The number of hydrogen-bond donors (Lipinski definition) is 1. The van der Waals surface area contributed by atoms with Crippen molar-refractivity contribution in [2.24, 2.45) is 0 Å². The van der Waals surface area contributed by atoms with Crippen molar-refractivity contribution in [3.63, 3.8) is 0 Å². The van der Waals surface area contributed by atoms with Crippen molar-refractivity contribution in [3.05, 3.63) is 0 Å². The van der Waals surface area contributed by atoms with Crippen molar-refractivity contribution in [2.45, 2.75) is 56.1 Å². The third-order valence-electron chi connectivity index (χ3n) is 4.63. The lowest BCUT2D eigenvalue weighted by molar-refractivity contribution is -0.131. The van der Waals surface area contributed by atoms with Crippen molar-refractivity contribution in [1.82, 2.24) is 10.2 Å². The number of rotatable bonds is 5. The Morgan fingerprint density at radius 2 is 1.74 bits per heavy atom. The van der Waals surface area contributed by atoms with Crippen LogP contribution in [-0.4, -0.2) is 48.0 Å². The highest BCUT2D eigenvalue weighted by molar-refractivity contribution is 8.00. The highest BCUT2D eigenvalue weighted by Gasteiger charge is 2.30. The van der Waals surface area contributed by atoms with Crippen molar-refractivity contribution < 1.29 is 4.79 Å². The van der Waals surface area contributed by atoms with Gasteiger partial charge < -0.3 is 10.2 Å². The minimum atomic E-state index is 0.298. The second-order valence-electron chi connectivity index (χ2n) is 5.99. The first-order chi connectivity index (χ1) is 9.26. The number of thioether (sulfide) groups is 1. The Kier molecular flexibility index (Phi) is 6.02. The summed E-state index contributed by atoms with van der Waals surface area (Å²) in [7, 11) is 0. The van der Waals surface area contributed by atoms with Gasteiger partial charge in [0.15, 0.2) is 0 Å². The Hall–Kier alpha value is -0.220. The molecule has 1 amide bonds. The molecule has 19 heavy (non-hydrogen) atoms. The summed E-state index contributed by atoms with van der Waals surface area (Å²) in [6.07, 6.45) is 12.6. The maximum Gasteiger partial charge on any atom is 0.236 e. The zero-order chi connectivity index (χ0) is 13.6. The number of likely N-dealkylation sites (tertiary alicyclic amines) is 1. The molecule has 0 unspecified atom stereocenters. The Balaban J connectivity index is 1.70. The molecule has 3 nitrogen and oxygen atoms in total. The van der Waals surface area contributed by atoms with Crippen LogP contribution in [0.5, 0.6) is 0 Å². The molecule has 1 saturated carbocycles. The van der Waals surface area contributed by atoms with Gasteiger partial charge in [-0.05, 0) is 38.4 Å². The zero-order valence-electron chi connectivity index (χ0n) is 12.2. The quantitative estimate of drug-likeness (QED) is 0.842. The number of nitrogens with zero attached hydrogens (tertiary/aromatic N) is 1. The molecular weight excluding hydrogens is 256 g/mol. The molecule has 0 aromatic rings. The zero-order valence-corrected chi connectivity index (χ0v) is 13.1. The van der Waals surface area contributed by atoms with Gasteiger partial charge in [0.1, 0.15) is 0 Å². The van der Waals surface area contributed by atoms with Crippen molar-refractivity contribution in [3.8, 4) is 0 Å². The molecule has 1 aliphatic carbocycles. The SMILES string of the molecule is CSC1(CNCC(=O)N2CCCCC2)CCCCC1. The van der Waals surface area contributed by atoms with Crippen LogP contribution in [0.1, 0.15) is 51.4 Å². The van der Waals surface area contributed by atoms with Gasteiger partial charge in [0.2, 0.25) is 5.91 Å². The summed E-state index contributed by atoms with van der Waals surface area (Å²) in [5, 5.41) is 3.43. The molecule has 2 fully saturated rings. The van der Waals surface area contributed by atoms with E-state index < -0.39 is 0 Å². The number of hydrogen-bond acceptors (Lipinski definition) is 3. The maximum atomic E-state index is 12.1. The number of carbonyl (C=O) groups excluding carboxylic acids is 1. The first-order valence-corrected chi connectivity index (χ1v) is 9.02. The molecule has 0 atom stereocenters. The first-order valence-electron chi connectivity index (χ1n) is 7.79. The van der Waals surface area contributed by atoms with E-state index in [1.165, 1.54) is 51.4 Å². The van der Waals surface area contributed by atoms with E-state index in [2.05, 4.69) is 11.6 Å². The van der Waals surface area contributed by atoms with Crippen molar-refractivity contribution in [2.75, 3.05) is 32.4 Å². The van der Waals surface area contributed by atoms with Gasteiger partial charge in [-0.2, -0.15) is 11.8 Å². The molecule has 4 heteroatoms. The molecule has 2 aliphatic rings. The maximum absolute atomic E-state index is 12.1. The smallest absolute Gasteiger partial charge is 0.236 e. The summed E-state index contributed by atoms with van der Waals surface area (Å²) in [6.45, 7) is 3.46. The summed E-state index contributed by atoms with van der Waals surface area (Å²) < 4.78 is 0.389. The molecule has 1 N–H and O–H groups in total. The van der Waals surface area contributed by atoms with E-state index in [4.69, 9.17) is 0 Å². The van der Waals surface area contributed by atoms with Gasteiger partial charge in [-0.3, -0.25) is 4.79 Å². The largest absolute Gasteiger partial charge is 0.342 e. The third-order valence-corrected chi connectivity index (χ3v) is 6.05. The van der Waals surface area contributed by atoms with Gasteiger partial charge >= 0.3 is 0 Å². The molecule has 0 spiro atoms. The molecule has 0 aromatic heterocycles. The van der Waals surface area contributed by atoms with E-state index in [0.717, 1.165) is 19.6 Å². The lowest BCUT2D eigenvalue weighted by Crippen LogP contribution is -2.45. The standard InChI is InChI=1S/C15H28N2OS/c1-19-15(8-4-2-5-9-15)13-16-12-14(18)17-10-6-3-7-11-17/h16H,2-13H2,1H3. The first kappa shape index (κ1) is 15.2. The van der Waals surface area contributed by atoms with Crippen LogP contribution in [-0.2, 0) is 4.79 Å². The minimum absolute atomic E-state index is 0.298. The van der Waals surface area contributed by atoms with Gasteiger partial charge in [0, 0.05) is 24.4 Å². The molecule has 1 heterocycles. The number of carbonyl (C=O) groups is 1. The van der Waals surface area contributed by atoms with Crippen LogP contribution < -0.4 is 5.32 Å². The van der Waals surface area contributed by atoms with Crippen LogP contribution in [0, 0.1) is 0 Å². The summed E-state index contributed by atoms with van der Waals surface area (Å²) in [5.41, 5.74) is 0. The van der Waals surface area contributed by atoms with Crippen LogP contribution in [0.25, 0.3) is 0 Å². The van der Waals surface area contributed by atoms with Gasteiger partial charge in [0.05, 0.1) is 6.54 Å². The number of nitrogens with one attached hydrogen (secondary N) is 1. The molecule has 0 aromatic carbocycles. The number of amides is 1. The second-order valence-corrected chi connectivity index (χ2v) is 7.27. The fraction of sp³-hybridized carbons (Fsp3) is 0.933. The molecule has 0 radical (unpaired) electrons. The lowest BCUT2D eigenvalue weighted by Gasteiger charge is -2.36. The van der Waals surface area contributed by atoms with Gasteiger partial charge in [-0.15, -0.1) is 0 Å². The highest BCUT2D eigenvalue weighted by Crippen LogP contribution is 2.37. The Labute approximate surface area is 121 Å². The molecule has 110 valence electrons. The Morgan fingerprint density at radius 3 is 2.37 bits per heavy atom. The van der Waals surface area contributed by atoms with E-state index in [9.17, 15) is 4.79 Å². The Bertz CT molecular complexity index is 284. The summed E-state index contributed by atoms with van der Waals surface area (Å²) in [5.74, 6) is 0.298. The molecular formula is C15H28N2OS. The van der Waals surface area contributed by atoms with Crippen LogP contribution >= 0.6 is 11.8 Å². The highest BCUT2D eigenvalue weighted by atomic mass is 32.2. The second kappa shape index (κ2) is 7.53. The van der Waals surface area contributed by atoms with E-state index in [-0.39, 0.29) is 0 Å². The number of piperidine rings is 1. The average molecular weight is 284 g/mol. The van der Waals surface area contributed by atoms with Crippen LogP contribution in [0.2, 0.25) is 0 Å².